The van der Waals surface area contributed by atoms with Crippen molar-refractivity contribution in [1.29, 1.82) is 0 Å². The lowest BCUT2D eigenvalue weighted by Crippen LogP contribution is -2.02. The van der Waals surface area contributed by atoms with Crippen molar-refractivity contribution in [2.75, 3.05) is 11.9 Å². The van der Waals surface area contributed by atoms with Gasteiger partial charge >= 0.3 is 0 Å². The topological polar surface area (TPSA) is 21.3 Å². The van der Waals surface area contributed by atoms with Gasteiger partial charge in [0.05, 0.1) is 6.61 Å². The lowest BCUT2D eigenvalue weighted by Gasteiger charge is -2.09. The van der Waals surface area contributed by atoms with Gasteiger partial charge in [0, 0.05) is 18.7 Å². The average Bonchev–Trinajstić information content (AvgIpc) is 2.89. The molecule has 5 heteroatoms. The Morgan fingerprint density at radius 1 is 1.05 bits per heavy atom. The third-order valence-electron chi connectivity index (χ3n) is 3.23. The molecule has 1 heterocycles. The molecule has 0 radical (unpaired) electrons. The lowest BCUT2D eigenvalue weighted by atomic mass is 10.1. The van der Waals surface area contributed by atoms with E-state index in [0.29, 0.717) is 12.2 Å². The molecule has 20 heavy (non-hydrogen) atoms. The Morgan fingerprint density at radius 2 is 1.80 bits per heavy atom. The summed E-state index contributed by atoms with van der Waals surface area (Å²) in [4.78, 5) is 0. The minimum absolute atomic E-state index is 0.216. The molecule has 0 spiro atoms. The first-order valence-electron chi connectivity index (χ1n) is 6.26. The molecular weight excluding hydrogens is 267 g/mol. The third kappa shape index (κ3) is 2.43. The highest BCUT2D eigenvalue weighted by Crippen LogP contribution is 2.28. The van der Waals surface area contributed by atoms with Gasteiger partial charge in [0.15, 0.2) is 17.5 Å². The van der Waals surface area contributed by atoms with E-state index in [1.807, 2.05) is 18.2 Å². The smallest absolute Gasteiger partial charge is 0.194 e. The SMILES string of the molecule is Fc1cc(CNc2ccc3c(c2)CCO3)cc(F)c1F. The summed E-state index contributed by atoms with van der Waals surface area (Å²) in [5, 5.41) is 3.05. The van der Waals surface area contributed by atoms with Gasteiger partial charge < -0.3 is 10.1 Å². The van der Waals surface area contributed by atoms with Gasteiger partial charge in [-0.1, -0.05) is 0 Å². The number of anilines is 1. The Hall–Kier alpha value is -2.17. The van der Waals surface area contributed by atoms with Gasteiger partial charge in [-0.2, -0.15) is 0 Å². The number of nitrogens with one attached hydrogen (secondary N) is 1. The van der Waals surface area contributed by atoms with E-state index in [2.05, 4.69) is 5.32 Å². The van der Waals surface area contributed by atoms with Crippen LogP contribution in [-0.2, 0) is 13.0 Å². The van der Waals surface area contributed by atoms with E-state index in [-0.39, 0.29) is 6.54 Å². The summed E-state index contributed by atoms with van der Waals surface area (Å²) in [6.07, 6.45) is 0.852. The van der Waals surface area contributed by atoms with Gasteiger partial charge in [0.1, 0.15) is 5.75 Å². The van der Waals surface area contributed by atoms with Gasteiger partial charge in [-0.05, 0) is 41.5 Å². The van der Waals surface area contributed by atoms with Crippen LogP contribution in [-0.4, -0.2) is 6.61 Å². The maximum Gasteiger partial charge on any atom is 0.194 e. The molecule has 1 N–H and O–H groups in total. The predicted octanol–water partition coefficient (Wildman–Crippen LogP) is 3.65. The summed E-state index contributed by atoms with van der Waals surface area (Å²) in [6.45, 7) is 0.890. The summed E-state index contributed by atoms with van der Waals surface area (Å²) in [5.41, 5.74) is 2.28. The summed E-state index contributed by atoms with van der Waals surface area (Å²) < 4.78 is 44.4. The van der Waals surface area contributed by atoms with Gasteiger partial charge in [-0.15, -0.1) is 0 Å². The van der Waals surface area contributed by atoms with Crippen LogP contribution in [0.2, 0.25) is 0 Å². The molecule has 104 valence electrons. The normalized spacial score (nSPS) is 12.9. The molecule has 3 rings (SSSR count). The molecule has 0 bridgehead atoms. The Morgan fingerprint density at radius 3 is 2.55 bits per heavy atom. The van der Waals surface area contributed by atoms with Gasteiger partial charge in [0.2, 0.25) is 0 Å². The minimum atomic E-state index is -1.44. The van der Waals surface area contributed by atoms with Crippen molar-refractivity contribution in [3.8, 4) is 5.75 Å². The van der Waals surface area contributed by atoms with Crippen molar-refractivity contribution in [3.05, 3.63) is 58.9 Å². The summed E-state index contributed by atoms with van der Waals surface area (Å²) >= 11 is 0. The zero-order valence-corrected chi connectivity index (χ0v) is 10.6. The fourth-order valence-corrected chi connectivity index (χ4v) is 2.21. The highest BCUT2D eigenvalue weighted by molar-refractivity contribution is 5.52. The second kappa shape index (κ2) is 5.07. The van der Waals surface area contributed by atoms with E-state index in [1.54, 1.807) is 0 Å². The first-order chi connectivity index (χ1) is 9.63. The monoisotopic (exact) mass is 279 g/mol. The first kappa shape index (κ1) is 12.8. The molecule has 0 saturated carbocycles. The van der Waals surface area contributed by atoms with Crippen LogP contribution in [0.25, 0.3) is 0 Å². The number of hydrogen-bond donors (Lipinski definition) is 1. The lowest BCUT2D eigenvalue weighted by molar-refractivity contribution is 0.357. The van der Waals surface area contributed by atoms with Crippen molar-refractivity contribution >= 4 is 5.69 Å². The maximum atomic E-state index is 13.1. The molecule has 1 aliphatic heterocycles. The van der Waals surface area contributed by atoms with Crippen LogP contribution in [0.5, 0.6) is 5.75 Å². The van der Waals surface area contributed by atoms with E-state index < -0.39 is 17.5 Å². The Bertz CT molecular complexity index is 635. The number of rotatable bonds is 3. The average molecular weight is 279 g/mol. The second-order valence-electron chi connectivity index (χ2n) is 4.65. The van der Waals surface area contributed by atoms with Crippen LogP contribution in [0.15, 0.2) is 30.3 Å². The summed E-state index contributed by atoms with van der Waals surface area (Å²) in [6, 6.07) is 7.61. The summed E-state index contributed by atoms with van der Waals surface area (Å²) in [5.74, 6) is -2.92. The molecule has 0 unspecified atom stereocenters. The Labute approximate surface area is 114 Å². The minimum Gasteiger partial charge on any atom is -0.493 e. The van der Waals surface area contributed by atoms with Crippen LogP contribution in [0.3, 0.4) is 0 Å². The molecule has 0 amide bonds. The van der Waals surface area contributed by atoms with Crippen LogP contribution in [0.4, 0.5) is 18.9 Å². The molecule has 0 saturated heterocycles. The van der Waals surface area contributed by atoms with E-state index in [4.69, 9.17) is 4.74 Å². The van der Waals surface area contributed by atoms with Crippen molar-refractivity contribution < 1.29 is 17.9 Å². The van der Waals surface area contributed by atoms with E-state index >= 15 is 0 Å². The number of fused-ring (bicyclic) bond motifs is 1. The van der Waals surface area contributed by atoms with Gasteiger partial charge in [-0.25, -0.2) is 13.2 Å². The maximum absolute atomic E-state index is 13.1. The molecule has 0 atom stereocenters. The Kier molecular flexibility index (Phi) is 3.26. The molecule has 2 aromatic carbocycles. The second-order valence-corrected chi connectivity index (χ2v) is 4.65. The summed E-state index contributed by atoms with van der Waals surface area (Å²) in [7, 11) is 0. The predicted molar refractivity (Wildman–Crippen MR) is 69.3 cm³/mol. The van der Waals surface area contributed by atoms with E-state index in [9.17, 15) is 13.2 Å². The van der Waals surface area contributed by atoms with Crippen LogP contribution < -0.4 is 10.1 Å². The quantitative estimate of drug-likeness (QED) is 0.866. The Balaban J connectivity index is 1.73. The van der Waals surface area contributed by atoms with Gasteiger partial charge in [0.25, 0.3) is 0 Å². The van der Waals surface area contributed by atoms with E-state index in [1.165, 1.54) is 0 Å². The molecule has 2 aromatic rings. The molecule has 0 aliphatic carbocycles. The fraction of sp³-hybridized carbons (Fsp3) is 0.200. The highest BCUT2D eigenvalue weighted by atomic mass is 19.2. The largest absolute Gasteiger partial charge is 0.493 e. The fourth-order valence-electron chi connectivity index (χ4n) is 2.21. The molecular formula is C15H12F3NO. The number of benzene rings is 2. The zero-order valence-electron chi connectivity index (χ0n) is 10.6. The molecule has 0 fully saturated rings. The van der Waals surface area contributed by atoms with Crippen molar-refractivity contribution in [1.82, 2.24) is 0 Å². The van der Waals surface area contributed by atoms with Gasteiger partial charge in [-0.3, -0.25) is 0 Å². The van der Waals surface area contributed by atoms with E-state index in [0.717, 1.165) is 35.6 Å². The number of halogens is 3. The first-order valence-corrected chi connectivity index (χ1v) is 6.26. The third-order valence-corrected chi connectivity index (χ3v) is 3.23. The molecule has 0 aromatic heterocycles. The number of ether oxygens (including phenoxy) is 1. The molecule has 2 nitrogen and oxygen atoms in total. The van der Waals surface area contributed by atoms with Crippen molar-refractivity contribution in [2.24, 2.45) is 0 Å². The standard InChI is InChI=1S/C15H12F3NO/c16-12-5-9(6-13(17)15(12)18)8-19-11-1-2-14-10(7-11)3-4-20-14/h1-2,5-7,19H,3-4,8H2. The molecule has 1 aliphatic rings. The van der Waals surface area contributed by atoms with Crippen molar-refractivity contribution in [3.63, 3.8) is 0 Å². The van der Waals surface area contributed by atoms with Crippen LogP contribution in [0.1, 0.15) is 11.1 Å². The number of hydrogen-bond acceptors (Lipinski definition) is 2. The zero-order chi connectivity index (χ0) is 14.1. The van der Waals surface area contributed by atoms with Crippen LogP contribution in [0, 0.1) is 17.5 Å². The van der Waals surface area contributed by atoms with Crippen molar-refractivity contribution in [2.45, 2.75) is 13.0 Å². The highest BCUT2D eigenvalue weighted by Gasteiger charge is 2.13. The van der Waals surface area contributed by atoms with Crippen LogP contribution >= 0.6 is 0 Å².